The van der Waals surface area contributed by atoms with Gasteiger partial charge in [-0.1, -0.05) is 0 Å². The first-order valence-corrected chi connectivity index (χ1v) is 2.63. The standard InChI is InChI=1S/C7H3N3/c8-3-6-1-2-7(4-9)10-5-6/h1-2,5H. The quantitative estimate of drug-likeness (QED) is 0.521. The van der Waals surface area contributed by atoms with E-state index in [2.05, 4.69) is 4.98 Å². The van der Waals surface area contributed by atoms with E-state index in [-0.39, 0.29) is 0 Å². The molecule has 0 radical (unpaired) electrons. The van der Waals surface area contributed by atoms with Crippen LogP contribution in [0.15, 0.2) is 18.3 Å². The highest BCUT2D eigenvalue weighted by atomic mass is 14.7. The van der Waals surface area contributed by atoms with Crippen LogP contribution in [0.25, 0.3) is 0 Å². The lowest BCUT2D eigenvalue weighted by Crippen LogP contribution is -1.81. The average Bonchev–Trinajstić information content (AvgIpc) is 2.05. The molecule has 0 aromatic carbocycles. The molecule has 0 bridgehead atoms. The van der Waals surface area contributed by atoms with Crippen molar-refractivity contribution >= 4 is 0 Å². The summed E-state index contributed by atoms with van der Waals surface area (Å²) < 4.78 is 0. The summed E-state index contributed by atoms with van der Waals surface area (Å²) in [7, 11) is 0. The minimum Gasteiger partial charge on any atom is -0.244 e. The molecule has 0 spiro atoms. The maximum absolute atomic E-state index is 8.33. The fourth-order valence-electron chi connectivity index (χ4n) is 0.526. The Morgan fingerprint density at radius 3 is 2.40 bits per heavy atom. The lowest BCUT2D eigenvalue weighted by molar-refractivity contribution is 1.25. The normalized spacial score (nSPS) is 7.80. The first-order chi connectivity index (χ1) is 4.86. The number of hydrogen-bond acceptors (Lipinski definition) is 3. The minimum atomic E-state index is 0.332. The predicted octanol–water partition coefficient (Wildman–Crippen LogP) is 0.825. The van der Waals surface area contributed by atoms with Gasteiger partial charge in [0.2, 0.25) is 0 Å². The molecule has 0 aliphatic rings. The zero-order valence-corrected chi connectivity index (χ0v) is 5.07. The third-order valence-electron chi connectivity index (χ3n) is 1.01. The maximum atomic E-state index is 8.33. The number of hydrogen-bond donors (Lipinski definition) is 0. The van der Waals surface area contributed by atoms with Gasteiger partial charge in [-0.15, -0.1) is 0 Å². The highest BCUT2D eigenvalue weighted by Gasteiger charge is 1.90. The Bertz CT molecular complexity index is 266. The van der Waals surface area contributed by atoms with Gasteiger partial charge in [-0.2, -0.15) is 10.5 Å². The van der Waals surface area contributed by atoms with Crippen LogP contribution >= 0.6 is 0 Å². The van der Waals surface area contributed by atoms with Gasteiger partial charge in [-0.3, -0.25) is 0 Å². The SMILES string of the molecule is N#Cc1ccc(C#N)nc1. The molecule has 0 unspecified atom stereocenters. The second-order valence-corrected chi connectivity index (χ2v) is 1.66. The van der Waals surface area contributed by atoms with Gasteiger partial charge in [0.05, 0.1) is 5.56 Å². The van der Waals surface area contributed by atoms with Crippen molar-refractivity contribution in [2.45, 2.75) is 0 Å². The Morgan fingerprint density at radius 1 is 1.20 bits per heavy atom. The van der Waals surface area contributed by atoms with Gasteiger partial charge in [0.15, 0.2) is 0 Å². The fraction of sp³-hybridized carbons (Fsp3) is 0. The van der Waals surface area contributed by atoms with Crippen molar-refractivity contribution in [3.05, 3.63) is 29.6 Å². The lowest BCUT2D eigenvalue weighted by Gasteiger charge is -1.85. The molecule has 0 atom stereocenters. The van der Waals surface area contributed by atoms with Crippen LogP contribution in [0.5, 0.6) is 0 Å². The molecule has 0 amide bonds. The Balaban J connectivity index is 3.08. The van der Waals surface area contributed by atoms with Crippen molar-refractivity contribution in [2.75, 3.05) is 0 Å². The van der Waals surface area contributed by atoms with Gasteiger partial charge < -0.3 is 0 Å². The van der Waals surface area contributed by atoms with Crippen molar-refractivity contribution in [3.63, 3.8) is 0 Å². The Hall–Kier alpha value is -1.87. The molecule has 0 aliphatic carbocycles. The molecule has 0 saturated heterocycles. The molecular formula is C7H3N3. The van der Waals surface area contributed by atoms with Crippen LogP contribution in [0.3, 0.4) is 0 Å². The minimum absolute atomic E-state index is 0.332. The molecule has 3 heteroatoms. The van der Waals surface area contributed by atoms with Gasteiger partial charge in [-0.05, 0) is 12.1 Å². The largest absolute Gasteiger partial charge is 0.244 e. The molecule has 1 heterocycles. The lowest BCUT2D eigenvalue weighted by atomic mass is 10.3. The Morgan fingerprint density at radius 2 is 2.00 bits per heavy atom. The summed E-state index contributed by atoms with van der Waals surface area (Å²) in [5, 5.41) is 16.6. The van der Waals surface area contributed by atoms with Crippen LogP contribution in [-0.4, -0.2) is 4.98 Å². The first kappa shape index (κ1) is 6.25. The molecular weight excluding hydrogens is 126 g/mol. The van der Waals surface area contributed by atoms with E-state index in [1.807, 2.05) is 12.1 Å². The fourth-order valence-corrected chi connectivity index (χ4v) is 0.526. The van der Waals surface area contributed by atoms with Gasteiger partial charge >= 0.3 is 0 Å². The van der Waals surface area contributed by atoms with Crippen LogP contribution in [0.2, 0.25) is 0 Å². The van der Waals surface area contributed by atoms with E-state index in [1.165, 1.54) is 12.3 Å². The summed E-state index contributed by atoms with van der Waals surface area (Å²) in [6, 6.07) is 6.84. The second kappa shape index (κ2) is 2.61. The van der Waals surface area contributed by atoms with E-state index in [9.17, 15) is 0 Å². The molecule has 1 aromatic rings. The molecule has 0 aliphatic heterocycles. The van der Waals surface area contributed by atoms with E-state index >= 15 is 0 Å². The highest BCUT2D eigenvalue weighted by molar-refractivity contribution is 5.30. The smallest absolute Gasteiger partial charge is 0.140 e. The summed E-state index contributed by atoms with van der Waals surface area (Å²) in [4.78, 5) is 3.68. The van der Waals surface area contributed by atoms with E-state index in [0.29, 0.717) is 11.3 Å². The van der Waals surface area contributed by atoms with Gasteiger partial charge in [0.25, 0.3) is 0 Å². The van der Waals surface area contributed by atoms with Crippen molar-refractivity contribution in [1.82, 2.24) is 4.98 Å². The van der Waals surface area contributed by atoms with Crippen LogP contribution in [-0.2, 0) is 0 Å². The first-order valence-electron chi connectivity index (χ1n) is 2.63. The average molecular weight is 129 g/mol. The van der Waals surface area contributed by atoms with Crippen LogP contribution in [0.1, 0.15) is 11.3 Å². The van der Waals surface area contributed by atoms with Crippen LogP contribution < -0.4 is 0 Å². The molecule has 1 aromatic heterocycles. The van der Waals surface area contributed by atoms with Gasteiger partial charge in [0, 0.05) is 6.20 Å². The Labute approximate surface area is 58.2 Å². The van der Waals surface area contributed by atoms with Gasteiger partial charge in [-0.25, -0.2) is 4.98 Å². The van der Waals surface area contributed by atoms with E-state index in [0.717, 1.165) is 0 Å². The molecule has 0 saturated carbocycles. The topological polar surface area (TPSA) is 60.5 Å². The number of nitrogens with zero attached hydrogens (tertiary/aromatic N) is 3. The van der Waals surface area contributed by atoms with Crippen LogP contribution in [0, 0.1) is 22.7 Å². The molecule has 1 rings (SSSR count). The number of nitriles is 2. The molecule has 0 fully saturated rings. The van der Waals surface area contributed by atoms with E-state index in [1.54, 1.807) is 6.07 Å². The predicted molar refractivity (Wildman–Crippen MR) is 33.7 cm³/mol. The number of pyridine rings is 1. The van der Waals surface area contributed by atoms with Crippen molar-refractivity contribution in [2.24, 2.45) is 0 Å². The third-order valence-corrected chi connectivity index (χ3v) is 1.01. The molecule has 0 N–H and O–H groups in total. The van der Waals surface area contributed by atoms with Crippen LogP contribution in [0.4, 0.5) is 0 Å². The van der Waals surface area contributed by atoms with Crippen molar-refractivity contribution in [3.8, 4) is 12.1 Å². The van der Waals surface area contributed by atoms with Crippen molar-refractivity contribution < 1.29 is 0 Å². The molecule has 10 heavy (non-hydrogen) atoms. The summed E-state index contributed by atoms with van der Waals surface area (Å²) in [6.07, 6.45) is 1.37. The number of rotatable bonds is 0. The zero-order chi connectivity index (χ0) is 7.40. The Kier molecular flexibility index (Phi) is 1.63. The van der Waals surface area contributed by atoms with Gasteiger partial charge in [0.1, 0.15) is 17.8 Å². The summed E-state index contributed by atoms with van der Waals surface area (Å²) in [6.45, 7) is 0. The number of aromatic nitrogens is 1. The summed E-state index contributed by atoms with van der Waals surface area (Å²) in [5.41, 5.74) is 0.804. The molecule has 46 valence electrons. The van der Waals surface area contributed by atoms with E-state index in [4.69, 9.17) is 10.5 Å². The zero-order valence-electron chi connectivity index (χ0n) is 5.07. The second-order valence-electron chi connectivity index (χ2n) is 1.66. The maximum Gasteiger partial charge on any atom is 0.140 e. The summed E-state index contributed by atoms with van der Waals surface area (Å²) >= 11 is 0. The third kappa shape index (κ3) is 1.10. The monoisotopic (exact) mass is 129 g/mol. The van der Waals surface area contributed by atoms with E-state index < -0.39 is 0 Å². The highest BCUT2D eigenvalue weighted by Crippen LogP contribution is 1.95. The molecule has 3 nitrogen and oxygen atoms in total. The summed E-state index contributed by atoms with van der Waals surface area (Å²) in [5.74, 6) is 0. The van der Waals surface area contributed by atoms with Crippen molar-refractivity contribution in [1.29, 1.82) is 10.5 Å².